The van der Waals surface area contributed by atoms with Crippen LogP contribution in [-0.2, 0) is 19.3 Å². The lowest BCUT2D eigenvalue weighted by atomic mass is 9.96. The highest BCUT2D eigenvalue weighted by atomic mass is 15.0. The van der Waals surface area contributed by atoms with Gasteiger partial charge < -0.3 is 5.32 Å². The molecule has 110 valence electrons. The highest BCUT2D eigenvalue weighted by Crippen LogP contribution is 2.25. The maximum absolute atomic E-state index is 4.46. The molecule has 0 radical (unpaired) electrons. The van der Waals surface area contributed by atoms with Gasteiger partial charge in [-0.05, 0) is 51.0 Å². The van der Waals surface area contributed by atoms with Crippen molar-refractivity contribution >= 4 is 5.82 Å². The zero-order chi connectivity index (χ0) is 14.5. The molecule has 0 amide bonds. The summed E-state index contributed by atoms with van der Waals surface area (Å²) in [5.41, 5.74) is 3.99. The van der Waals surface area contributed by atoms with Gasteiger partial charge in [-0.15, -0.1) is 0 Å². The van der Waals surface area contributed by atoms with Crippen molar-refractivity contribution in [3.05, 3.63) is 53.5 Å². The molecule has 1 aliphatic rings. The fraction of sp³-hybridized carbons (Fsp3) is 0.444. The third kappa shape index (κ3) is 3.60. The van der Waals surface area contributed by atoms with Crippen molar-refractivity contribution in [1.82, 2.24) is 9.97 Å². The van der Waals surface area contributed by atoms with Gasteiger partial charge in [-0.2, -0.15) is 0 Å². The first-order valence-electron chi connectivity index (χ1n) is 7.96. The Hall–Kier alpha value is -1.90. The number of hydrogen-bond donors (Lipinski definition) is 1. The van der Waals surface area contributed by atoms with Crippen LogP contribution in [0.5, 0.6) is 0 Å². The third-order valence-electron chi connectivity index (χ3n) is 4.22. The number of aryl methyl sites for hydroxylation is 2. The molecule has 1 heterocycles. The van der Waals surface area contributed by atoms with Crippen LogP contribution in [0.15, 0.2) is 36.7 Å². The van der Waals surface area contributed by atoms with Crippen molar-refractivity contribution in [2.45, 2.75) is 51.5 Å². The summed E-state index contributed by atoms with van der Waals surface area (Å²) < 4.78 is 0. The van der Waals surface area contributed by atoms with Crippen LogP contribution in [0.25, 0.3) is 0 Å². The van der Waals surface area contributed by atoms with Crippen molar-refractivity contribution in [3.63, 3.8) is 0 Å². The minimum Gasteiger partial charge on any atom is -0.367 e. The van der Waals surface area contributed by atoms with E-state index in [-0.39, 0.29) is 0 Å². The van der Waals surface area contributed by atoms with Gasteiger partial charge in [-0.3, -0.25) is 0 Å². The molecule has 3 nitrogen and oxygen atoms in total. The van der Waals surface area contributed by atoms with Gasteiger partial charge in [-0.25, -0.2) is 9.97 Å². The van der Waals surface area contributed by atoms with E-state index in [9.17, 15) is 0 Å². The number of hydrogen-bond acceptors (Lipinski definition) is 3. The maximum atomic E-state index is 4.46. The minimum absolute atomic E-state index is 0.422. The van der Waals surface area contributed by atoms with Crippen LogP contribution in [0.3, 0.4) is 0 Å². The number of rotatable bonds is 5. The molecule has 0 spiro atoms. The summed E-state index contributed by atoms with van der Waals surface area (Å²) >= 11 is 0. The van der Waals surface area contributed by atoms with E-state index in [1.54, 1.807) is 6.33 Å². The van der Waals surface area contributed by atoms with Crippen molar-refractivity contribution in [2.24, 2.45) is 0 Å². The lowest BCUT2D eigenvalue weighted by molar-refractivity contribution is 0.654. The van der Waals surface area contributed by atoms with E-state index in [0.717, 1.165) is 31.5 Å². The van der Waals surface area contributed by atoms with E-state index in [4.69, 9.17) is 0 Å². The van der Waals surface area contributed by atoms with E-state index in [1.807, 2.05) is 0 Å². The fourth-order valence-electron chi connectivity index (χ4n) is 2.98. The van der Waals surface area contributed by atoms with E-state index in [2.05, 4.69) is 52.5 Å². The molecule has 0 bridgehead atoms. The normalized spacial score (nSPS) is 15.3. The average Bonchev–Trinajstić information content (AvgIpc) is 2.54. The Morgan fingerprint density at radius 2 is 1.90 bits per heavy atom. The second-order valence-corrected chi connectivity index (χ2v) is 5.92. The summed E-state index contributed by atoms with van der Waals surface area (Å²) in [4.78, 5) is 8.89. The van der Waals surface area contributed by atoms with Gasteiger partial charge in [0, 0.05) is 17.3 Å². The van der Waals surface area contributed by atoms with Gasteiger partial charge in [0.15, 0.2) is 0 Å². The molecule has 1 unspecified atom stereocenters. The summed E-state index contributed by atoms with van der Waals surface area (Å²) in [7, 11) is 0. The summed E-state index contributed by atoms with van der Waals surface area (Å²) in [5.74, 6) is 1.06. The van der Waals surface area contributed by atoms with Crippen LogP contribution in [0.4, 0.5) is 5.82 Å². The largest absolute Gasteiger partial charge is 0.367 e. The topological polar surface area (TPSA) is 37.8 Å². The van der Waals surface area contributed by atoms with Crippen LogP contribution in [0.2, 0.25) is 0 Å². The van der Waals surface area contributed by atoms with Crippen molar-refractivity contribution in [3.8, 4) is 0 Å². The number of aromatic nitrogens is 2. The van der Waals surface area contributed by atoms with E-state index in [1.165, 1.54) is 29.7 Å². The zero-order valence-corrected chi connectivity index (χ0v) is 12.7. The van der Waals surface area contributed by atoms with E-state index >= 15 is 0 Å². The summed E-state index contributed by atoms with van der Waals surface area (Å²) in [6.45, 7) is 2.24. The summed E-state index contributed by atoms with van der Waals surface area (Å²) in [5, 5.41) is 3.59. The monoisotopic (exact) mass is 281 g/mol. The molecule has 1 N–H and O–H groups in total. The van der Waals surface area contributed by atoms with Crippen molar-refractivity contribution < 1.29 is 0 Å². The standard InChI is InChI=1S/C18H23N3/c1-14(11-12-15-7-3-2-4-8-15)21-18-16-9-5-6-10-17(16)19-13-20-18/h2-4,7-8,13-14H,5-6,9-12H2,1H3,(H,19,20,21). The van der Waals surface area contributed by atoms with Crippen LogP contribution in [0, 0.1) is 0 Å². The summed E-state index contributed by atoms with van der Waals surface area (Å²) in [6, 6.07) is 11.1. The van der Waals surface area contributed by atoms with Gasteiger partial charge in [-0.1, -0.05) is 30.3 Å². The Labute approximate surface area is 126 Å². The van der Waals surface area contributed by atoms with Gasteiger partial charge in [0.1, 0.15) is 12.1 Å². The van der Waals surface area contributed by atoms with Gasteiger partial charge in [0.2, 0.25) is 0 Å². The molecular formula is C18H23N3. The number of nitrogens with one attached hydrogen (secondary N) is 1. The van der Waals surface area contributed by atoms with Crippen LogP contribution in [0.1, 0.15) is 43.0 Å². The molecule has 21 heavy (non-hydrogen) atoms. The molecule has 0 aliphatic heterocycles. The minimum atomic E-state index is 0.422. The molecule has 1 aliphatic carbocycles. The van der Waals surface area contributed by atoms with Gasteiger partial charge in [0.25, 0.3) is 0 Å². The van der Waals surface area contributed by atoms with Crippen molar-refractivity contribution in [2.75, 3.05) is 5.32 Å². The molecule has 2 aromatic rings. The van der Waals surface area contributed by atoms with Crippen LogP contribution in [-0.4, -0.2) is 16.0 Å². The van der Waals surface area contributed by atoms with Gasteiger partial charge >= 0.3 is 0 Å². The zero-order valence-electron chi connectivity index (χ0n) is 12.7. The Morgan fingerprint density at radius 1 is 1.10 bits per heavy atom. The number of nitrogens with zero attached hydrogens (tertiary/aromatic N) is 2. The van der Waals surface area contributed by atoms with E-state index in [0.29, 0.717) is 6.04 Å². The van der Waals surface area contributed by atoms with Gasteiger partial charge in [0.05, 0.1) is 0 Å². The van der Waals surface area contributed by atoms with Crippen LogP contribution >= 0.6 is 0 Å². The molecule has 0 saturated carbocycles. The quantitative estimate of drug-likeness (QED) is 0.906. The molecule has 1 atom stereocenters. The SMILES string of the molecule is CC(CCc1ccccc1)Nc1ncnc2c1CCCC2. The molecule has 3 heteroatoms. The Kier molecular flexibility index (Phi) is 4.49. The molecule has 0 fully saturated rings. The Morgan fingerprint density at radius 3 is 2.76 bits per heavy atom. The second-order valence-electron chi connectivity index (χ2n) is 5.92. The molecule has 3 rings (SSSR count). The number of benzene rings is 1. The van der Waals surface area contributed by atoms with Crippen LogP contribution < -0.4 is 5.32 Å². The van der Waals surface area contributed by atoms with E-state index < -0.39 is 0 Å². The second kappa shape index (κ2) is 6.70. The highest BCUT2D eigenvalue weighted by Gasteiger charge is 2.16. The number of anilines is 1. The average molecular weight is 281 g/mol. The molecule has 1 aromatic heterocycles. The third-order valence-corrected chi connectivity index (χ3v) is 4.22. The van der Waals surface area contributed by atoms with Crippen molar-refractivity contribution in [1.29, 1.82) is 0 Å². The Balaban J connectivity index is 1.61. The maximum Gasteiger partial charge on any atom is 0.133 e. The number of fused-ring (bicyclic) bond motifs is 1. The smallest absolute Gasteiger partial charge is 0.133 e. The molecular weight excluding hydrogens is 258 g/mol. The Bertz CT molecular complexity index is 580. The fourth-order valence-corrected chi connectivity index (χ4v) is 2.98. The summed E-state index contributed by atoms with van der Waals surface area (Å²) in [6.07, 6.45) is 8.65. The first kappa shape index (κ1) is 14.1. The predicted molar refractivity (Wildman–Crippen MR) is 86.5 cm³/mol. The first-order valence-corrected chi connectivity index (χ1v) is 7.96. The molecule has 1 aromatic carbocycles. The predicted octanol–water partition coefficient (Wildman–Crippen LogP) is 3.79. The first-order chi connectivity index (χ1) is 10.3. The highest BCUT2D eigenvalue weighted by molar-refractivity contribution is 5.47. The molecule has 0 saturated heterocycles. The lowest BCUT2D eigenvalue weighted by Gasteiger charge is -2.21. The lowest BCUT2D eigenvalue weighted by Crippen LogP contribution is -2.20.